The molecule has 1 aliphatic carbocycles. The van der Waals surface area contributed by atoms with Crippen molar-refractivity contribution in [2.75, 3.05) is 0 Å². The zero-order chi connectivity index (χ0) is 15.8. The summed E-state index contributed by atoms with van der Waals surface area (Å²) in [7, 11) is 0. The highest BCUT2D eigenvalue weighted by Crippen LogP contribution is 2.29. The molecule has 0 aromatic heterocycles. The van der Waals surface area contributed by atoms with Crippen LogP contribution in [0.15, 0.2) is 0 Å². The van der Waals surface area contributed by atoms with Crippen molar-refractivity contribution in [1.82, 2.24) is 0 Å². The largest absolute Gasteiger partial charge is 0.368 e. The summed E-state index contributed by atoms with van der Waals surface area (Å²) in [5.74, 6) is -0.760. The van der Waals surface area contributed by atoms with Gasteiger partial charge in [-0.1, -0.05) is 19.3 Å². The molecule has 6 nitrogen and oxygen atoms in total. The minimum absolute atomic E-state index is 0.196. The van der Waals surface area contributed by atoms with E-state index in [-0.39, 0.29) is 17.8 Å². The summed E-state index contributed by atoms with van der Waals surface area (Å²) in [6, 6.07) is 0. The first-order chi connectivity index (χ1) is 9.91. The maximum atomic E-state index is 9.41. The number of hydrogen-bond acceptors (Lipinski definition) is 6. The van der Waals surface area contributed by atoms with E-state index in [1.54, 1.807) is 0 Å². The van der Waals surface area contributed by atoms with Crippen molar-refractivity contribution in [3.63, 3.8) is 0 Å². The van der Waals surface area contributed by atoms with Crippen LogP contribution in [0.2, 0.25) is 0 Å². The van der Waals surface area contributed by atoms with Crippen molar-refractivity contribution in [3.8, 4) is 0 Å². The zero-order valence-corrected chi connectivity index (χ0v) is 12.5. The smallest absolute Gasteiger partial charge is 0.154 e. The van der Waals surface area contributed by atoms with Gasteiger partial charge in [0.15, 0.2) is 18.9 Å². The van der Waals surface area contributed by atoms with Gasteiger partial charge in [-0.25, -0.2) is 0 Å². The van der Waals surface area contributed by atoms with Crippen molar-refractivity contribution in [1.29, 1.82) is 0 Å². The molecule has 0 aromatic rings. The summed E-state index contributed by atoms with van der Waals surface area (Å²) < 4.78 is 0. The molecule has 6 N–H and O–H groups in total. The molecule has 0 saturated heterocycles. The fourth-order valence-corrected chi connectivity index (χ4v) is 3.21. The molecular weight excluding hydrogens is 276 g/mol. The molecule has 126 valence electrons. The maximum absolute atomic E-state index is 9.41. The molecule has 0 heterocycles. The Labute approximate surface area is 126 Å². The molecule has 0 aromatic carbocycles. The van der Waals surface area contributed by atoms with Gasteiger partial charge in [0.05, 0.1) is 0 Å². The number of aliphatic hydroxyl groups is 6. The van der Waals surface area contributed by atoms with Crippen molar-refractivity contribution in [2.24, 2.45) is 17.8 Å². The second-order valence-electron chi connectivity index (χ2n) is 6.31. The van der Waals surface area contributed by atoms with Crippen LogP contribution in [-0.4, -0.2) is 49.5 Å². The van der Waals surface area contributed by atoms with Gasteiger partial charge in [-0.05, 0) is 38.5 Å². The van der Waals surface area contributed by atoms with Crippen LogP contribution in [0.25, 0.3) is 0 Å². The average molecular weight is 306 g/mol. The summed E-state index contributed by atoms with van der Waals surface area (Å²) in [5.41, 5.74) is 0. The van der Waals surface area contributed by atoms with E-state index in [2.05, 4.69) is 0 Å². The number of rotatable bonds is 3. The molecular formula is C15H30O6. The third-order valence-corrected chi connectivity index (χ3v) is 4.72. The van der Waals surface area contributed by atoms with Crippen molar-refractivity contribution in [3.05, 3.63) is 0 Å². The molecule has 21 heavy (non-hydrogen) atoms. The molecule has 0 radical (unpaired) electrons. The fourth-order valence-electron chi connectivity index (χ4n) is 3.21. The van der Waals surface area contributed by atoms with Crippen LogP contribution in [0.3, 0.4) is 0 Å². The van der Waals surface area contributed by atoms with Gasteiger partial charge in [-0.15, -0.1) is 0 Å². The van der Waals surface area contributed by atoms with Gasteiger partial charge in [0.1, 0.15) is 0 Å². The van der Waals surface area contributed by atoms with Crippen LogP contribution < -0.4 is 0 Å². The van der Waals surface area contributed by atoms with E-state index in [1.807, 2.05) is 0 Å². The molecule has 0 amide bonds. The van der Waals surface area contributed by atoms with Crippen LogP contribution in [0.5, 0.6) is 0 Å². The third-order valence-electron chi connectivity index (χ3n) is 4.72. The van der Waals surface area contributed by atoms with E-state index in [0.29, 0.717) is 44.9 Å². The lowest BCUT2D eigenvalue weighted by molar-refractivity contribution is -0.110. The second-order valence-corrected chi connectivity index (χ2v) is 6.31. The zero-order valence-electron chi connectivity index (χ0n) is 12.5. The maximum Gasteiger partial charge on any atom is 0.154 e. The minimum Gasteiger partial charge on any atom is -0.368 e. The first kappa shape index (κ1) is 18.8. The highest BCUT2D eigenvalue weighted by atomic mass is 16.5. The summed E-state index contributed by atoms with van der Waals surface area (Å²) in [6.45, 7) is 0. The average Bonchev–Trinajstić information content (AvgIpc) is 2.38. The normalized spacial score (nSPS) is 30.4. The van der Waals surface area contributed by atoms with E-state index in [0.717, 1.165) is 12.8 Å². The Hall–Kier alpha value is -0.240. The molecule has 0 aliphatic heterocycles. The predicted octanol–water partition coefficient (Wildman–Crippen LogP) is 0.292. The molecule has 0 spiro atoms. The lowest BCUT2D eigenvalue weighted by atomic mass is 9.85. The standard InChI is InChI=1S/C15H30O6/c16-13(17)10-4-1-2-5-11(14(18)19)8-9-12(15(20)21)7-3-6-10/h10-21H,1-9H2. The first-order valence-corrected chi connectivity index (χ1v) is 8.00. The topological polar surface area (TPSA) is 121 Å². The molecule has 3 atom stereocenters. The Balaban J connectivity index is 2.64. The van der Waals surface area contributed by atoms with Gasteiger partial charge in [-0.3, -0.25) is 0 Å². The summed E-state index contributed by atoms with van der Waals surface area (Å²) >= 11 is 0. The van der Waals surface area contributed by atoms with Gasteiger partial charge in [-0.2, -0.15) is 0 Å². The molecule has 1 saturated carbocycles. The number of aliphatic hydroxyl groups excluding tert-OH is 3. The highest BCUT2D eigenvalue weighted by Gasteiger charge is 2.24. The highest BCUT2D eigenvalue weighted by molar-refractivity contribution is 4.71. The molecule has 0 bridgehead atoms. The van der Waals surface area contributed by atoms with Crippen molar-refractivity contribution < 1.29 is 30.6 Å². The SMILES string of the molecule is OC(O)C1CCCCC(C(O)O)CCC(C(O)O)CCC1. The van der Waals surface area contributed by atoms with E-state index in [4.69, 9.17) is 0 Å². The molecule has 1 fully saturated rings. The minimum atomic E-state index is -1.41. The second kappa shape index (κ2) is 9.71. The van der Waals surface area contributed by atoms with Gasteiger partial charge in [0.2, 0.25) is 0 Å². The molecule has 3 unspecified atom stereocenters. The lowest BCUT2D eigenvalue weighted by Gasteiger charge is -2.26. The predicted molar refractivity (Wildman–Crippen MR) is 76.7 cm³/mol. The Morgan fingerprint density at radius 3 is 1.05 bits per heavy atom. The van der Waals surface area contributed by atoms with Gasteiger partial charge in [0, 0.05) is 17.8 Å². The van der Waals surface area contributed by atoms with Crippen molar-refractivity contribution in [2.45, 2.75) is 76.7 Å². The van der Waals surface area contributed by atoms with Crippen LogP contribution in [0.1, 0.15) is 57.8 Å². The molecule has 1 rings (SSSR count). The Morgan fingerprint density at radius 1 is 0.429 bits per heavy atom. The van der Waals surface area contributed by atoms with Gasteiger partial charge < -0.3 is 30.6 Å². The van der Waals surface area contributed by atoms with Crippen molar-refractivity contribution >= 4 is 0 Å². The quantitative estimate of drug-likeness (QED) is 0.417. The molecule has 1 aliphatic rings. The lowest BCUT2D eigenvalue weighted by Crippen LogP contribution is -2.26. The Morgan fingerprint density at radius 2 is 0.714 bits per heavy atom. The molecule has 6 heteroatoms. The number of hydrogen-bond donors (Lipinski definition) is 6. The fraction of sp³-hybridized carbons (Fsp3) is 1.00. The van der Waals surface area contributed by atoms with Crippen LogP contribution in [-0.2, 0) is 0 Å². The van der Waals surface area contributed by atoms with Crippen LogP contribution >= 0.6 is 0 Å². The monoisotopic (exact) mass is 306 g/mol. The summed E-state index contributed by atoms with van der Waals surface area (Å²) in [6.07, 6.45) is 1.89. The Bertz CT molecular complexity index is 269. The van der Waals surface area contributed by atoms with Crippen LogP contribution in [0, 0.1) is 17.8 Å². The van der Waals surface area contributed by atoms with Gasteiger partial charge in [0.25, 0.3) is 0 Å². The third kappa shape index (κ3) is 7.04. The van der Waals surface area contributed by atoms with Gasteiger partial charge >= 0.3 is 0 Å². The van der Waals surface area contributed by atoms with E-state index < -0.39 is 18.9 Å². The summed E-state index contributed by atoms with van der Waals surface area (Å²) in [5, 5.41) is 56.4. The van der Waals surface area contributed by atoms with E-state index >= 15 is 0 Å². The Kier molecular flexibility index (Phi) is 8.70. The summed E-state index contributed by atoms with van der Waals surface area (Å²) in [4.78, 5) is 0. The first-order valence-electron chi connectivity index (χ1n) is 8.00. The van der Waals surface area contributed by atoms with Crippen LogP contribution in [0.4, 0.5) is 0 Å². The van der Waals surface area contributed by atoms with E-state index in [9.17, 15) is 30.6 Å². The van der Waals surface area contributed by atoms with E-state index in [1.165, 1.54) is 0 Å².